The lowest BCUT2D eigenvalue weighted by Crippen LogP contribution is -2.51. The molecule has 3 nitrogen and oxygen atoms in total. The Hall–Kier alpha value is -0.120. The van der Waals surface area contributed by atoms with E-state index in [-0.39, 0.29) is 5.60 Å². The first-order valence-corrected chi connectivity index (χ1v) is 7.67. The third-order valence-electron chi connectivity index (χ3n) is 4.25. The van der Waals surface area contributed by atoms with Gasteiger partial charge in [-0.1, -0.05) is 13.8 Å². The first-order valence-electron chi connectivity index (χ1n) is 7.67. The molecule has 0 saturated carbocycles. The Kier molecular flexibility index (Phi) is 5.84. The Morgan fingerprint density at radius 2 is 1.53 bits per heavy atom. The molecule has 1 heterocycles. The smallest absolute Gasteiger partial charge is 0.0628 e. The van der Waals surface area contributed by atoms with E-state index in [1.807, 2.05) is 7.11 Å². The number of nitrogens with zero attached hydrogens (tertiary/aromatic N) is 2. The lowest BCUT2D eigenvalue weighted by atomic mass is 9.81. The predicted octanol–water partition coefficient (Wildman–Crippen LogP) is 2.85. The fraction of sp³-hybridized carbons (Fsp3) is 1.00. The summed E-state index contributed by atoms with van der Waals surface area (Å²) >= 11 is 0. The van der Waals surface area contributed by atoms with Gasteiger partial charge in [0.1, 0.15) is 0 Å². The quantitative estimate of drug-likeness (QED) is 0.738. The van der Waals surface area contributed by atoms with Gasteiger partial charge in [0.05, 0.1) is 5.60 Å². The zero-order chi connectivity index (χ0) is 14.7. The topological polar surface area (TPSA) is 15.7 Å². The summed E-state index contributed by atoms with van der Waals surface area (Å²) in [6, 6.07) is 0.683. The molecule has 0 amide bonds. The van der Waals surface area contributed by atoms with Crippen LogP contribution in [0.3, 0.4) is 0 Å². The lowest BCUT2D eigenvalue weighted by molar-refractivity contribution is -0.0240. The highest BCUT2D eigenvalue weighted by atomic mass is 16.5. The van der Waals surface area contributed by atoms with Crippen molar-refractivity contribution in [3.63, 3.8) is 0 Å². The summed E-state index contributed by atoms with van der Waals surface area (Å²) in [4.78, 5) is 5.19. The molecule has 114 valence electrons. The molecule has 1 aliphatic heterocycles. The van der Waals surface area contributed by atoms with E-state index in [1.54, 1.807) is 0 Å². The van der Waals surface area contributed by atoms with Gasteiger partial charge in [-0.15, -0.1) is 0 Å². The van der Waals surface area contributed by atoms with Gasteiger partial charge in [0.15, 0.2) is 0 Å². The van der Waals surface area contributed by atoms with Crippen LogP contribution in [0.2, 0.25) is 0 Å². The molecule has 0 aliphatic carbocycles. The molecule has 0 radical (unpaired) electrons. The van der Waals surface area contributed by atoms with Crippen molar-refractivity contribution >= 4 is 0 Å². The number of piperazine rings is 1. The Morgan fingerprint density at radius 1 is 1.00 bits per heavy atom. The fourth-order valence-electron chi connectivity index (χ4n) is 3.32. The van der Waals surface area contributed by atoms with Gasteiger partial charge in [-0.25, -0.2) is 0 Å². The van der Waals surface area contributed by atoms with Crippen LogP contribution in [0.25, 0.3) is 0 Å². The van der Waals surface area contributed by atoms with Crippen LogP contribution in [0.15, 0.2) is 0 Å². The largest absolute Gasteiger partial charge is 0.379 e. The molecule has 0 N–H and O–H groups in total. The van der Waals surface area contributed by atoms with Crippen LogP contribution in [0.5, 0.6) is 0 Å². The lowest BCUT2D eigenvalue weighted by Gasteiger charge is -2.42. The Morgan fingerprint density at radius 3 is 1.95 bits per heavy atom. The summed E-state index contributed by atoms with van der Waals surface area (Å²) in [5, 5.41) is 0. The predicted molar refractivity (Wildman–Crippen MR) is 82.6 cm³/mol. The average Bonchev–Trinajstić information content (AvgIpc) is 2.27. The van der Waals surface area contributed by atoms with Crippen molar-refractivity contribution in [3.05, 3.63) is 0 Å². The number of rotatable bonds is 6. The molecule has 0 aromatic carbocycles. The van der Waals surface area contributed by atoms with Crippen LogP contribution < -0.4 is 0 Å². The normalized spacial score (nSPS) is 20.2. The Bertz CT molecular complexity index is 266. The standard InChI is InChI=1S/C16H34N2O/c1-14(2)18-10-8-17(9-11-18)13-15(3,4)12-16(5,6)19-7/h14H,8-13H2,1-7H3. The summed E-state index contributed by atoms with van der Waals surface area (Å²) in [6.45, 7) is 19.7. The number of ether oxygens (including phenoxy) is 1. The van der Waals surface area contributed by atoms with Crippen molar-refractivity contribution in [3.8, 4) is 0 Å². The molecule has 0 unspecified atom stereocenters. The zero-order valence-electron chi connectivity index (χ0n) is 14.1. The van der Waals surface area contributed by atoms with E-state index in [4.69, 9.17) is 4.74 Å². The van der Waals surface area contributed by atoms with E-state index < -0.39 is 0 Å². The highest BCUT2D eigenvalue weighted by Crippen LogP contribution is 2.31. The average molecular weight is 270 g/mol. The van der Waals surface area contributed by atoms with Crippen LogP contribution in [0, 0.1) is 5.41 Å². The van der Waals surface area contributed by atoms with Crippen LogP contribution in [-0.2, 0) is 4.74 Å². The summed E-state index contributed by atoms with van der Waals surface area (Å²) < 4.78 is 5.58. The van der Waals surface area contributed by atoms with E-state index in [0.29, 0.717) is 11.5 Å². The third kappa shape index (κ3) is 5.80. The second kappa shape index (κ2) is 6.55. The van der Waals surface area contributed by atoms with E-state index in [2.05, 4.69) is 51.3 Å². The molecular weight excluding hydrogens is 236 g/mol. The molecule has 1 fully saturated rings. The van der Waals surface area contributed by atoms with Gasteiger partial charge >= 0.3 is 0 Å². The van der Waals surface area contributed by atoms with Crippen LogP contribution in [0.1, 0.15) is 48.0 Å². The molecule has 1 aliphatic rings. The first kappa shape index (κ1) is 16.9. The van der Waals surface area contributed by atoms with Gasteiger partial charge in [0.25, 0.3) is 0 Å². The van der Waals surface area contributed by atoms with Crippen LogP contribution in [0.4, 0.5) is 0 Å². The van der Waals surface area contributed by atoms with Crippen molar-refractivity contribution < 1.29 is 4.74 Å². The minimum absolute atomic E-state index is 0.0245. The number of methoxy groups -OCH3 is 1. The first-order chi connectivity index (χ1) is 8.65. The monoisotopic (exact) mass is 270 g/mol. The maximum Gasteiger partial charge on any atom is 0.0628 e. The fourth-order valence-corrected chi connectivity index (χ4v) is 3.32. The minimum atomic E-state index is -0.0245. The van der Waals surface area contributed by atoms with E-state index >= 15 is 0 Å². The molecule has 0 atom stereocenters. The second-order valence-corrected chi connectivity index (χ2v) is 7.71. The highest BCUT2D eigenvalue weighted by molar-refractivity contribution is 4.84. The van der Waals surface area contributed by atoms with Gasteiger partial charge in [0, 0.05) is 45.9 Å². The molecule has 0 aromatic heterocycles. The highest BCUT2D eigenvalue weighted by Gasteiger charge is 2.31. The minimum Gasteiger partial charge on any atom is -0.379 e. The van der Waals surface area contributed by atoms with E-state index in [1.165, 1.54) is 32.7 Å². The Balaban J connectivity index is 2.43. The summed E-state index contributed by atoms with van der Waals surface area (Å²) in [5.74, 6) is 0. The summed E-state index contributed by atoms with van der Waals surface area (Å²) in [5.41, 5.74) is 0.281. The second-order valence-electron chi connectivity index (χ2n) is 7.71. The van der Waals surface area contributed by atoms with Crippen molar-refractivity contribution in [2.45, 2.75) is 59.6 Å². The maximum atomic E-state index is 5.58. The van der Waals surface area contributed by atoms with Gasteiger partial charge in [-0.2, -0.15) is 0 Å². The molecule has 1 saturated heterocycles. The molecule has 0 bridgehead atoms. The van der Waals surface area contributed by atoms with Gasteiger partial charge in [-0.3, -0.25) is 4.90 Å². The van der Waals surface area contributed by atoms with E-state index in [9.17, 15) is 0 Å². The molecule has 0 spiro atoms. The Labute approximate surface area is 120 Å². The molecule has 0 aromatic rings. The molecular formula is C16H34N2O. The van der Waals surface area contributed by atoms with Crippen molar-refractivity contribution in [2.75, 3.05) is 39.8 Å². The van der Waals surface area contributed by atoms with Crippen molar-refractivity contribution in [1.82, 2.24) is 9.80 Å². The SMILES string of the molecule is COC(C)(C)CC(C)(C)CN1CCN(C(C)C)CC1. The maximum absolute atomic E-state index is 5.58. The molecule has 1 rings (SSSR count). The van der Waals surface area contributed by atoms with Gasteiger partial charge in [0.2, 0.25) is 0 Å². The van der Waals surface area contributed by atoms with Gasteiger partial charge < -0.3 is 9.64 Å². The third-order valence-corrected chi connectivity index (χ3v) is 4.25. The summed E-state index contributed by atoms with van der Waals surface area (Å²) in [7, 11) is 1.82. The van der Waals surface area contributed by atoms with Crippen molar-refractivity contribution in [1.29, 1.82) is 0 Å². The molecule has 19 heavy (non-hydrogen) atoms. The summed E-state index contributed by atoms with van der Waals surface area (Å²) in [6.07, 6.45) is 1.10. The molecule has 3 heteroatoms. The van der Waals surface area contributed by atoms with Gasteiger partial charge in [-0.05, 0) is 39.5 Å². The van der Waals surface area contributed by atoms with E-state index in [0.717, 1.165) is 6.42 Å². The van der Waals surface area contributed by atoms with Crippen LogP contribution >= 0.6 is 0 Å². The van der Waals surface area contributed by atoms with Crippen LogP contribution in [-0.4, -0.2) is 61.3 Å². The number of hydrogen-bond acceptors (Lipinski definition) is 3. The van der Waals surface area contributed by atoms with Crippen molar-refractivity contribution in [2.24, 2.45) is 5.41 Å². The zero-order valence-corrected chi connectivity index (χ0v) is 14.1. The number of hydrogen-bond donors (Lipinski definition) is 0.